The summed E-state index contributed by atoms with van der Waals surface area (Å²) >= 11 is 6.64. The van der Waals surface area contributed by atoms with E-state index in [1.807, 2.05) is 30.3 Å². The summed E-state index contributed by atoms with van der Waals surface area (Å²) in [6.45, 7) is 5.94. The van der Waals surface area contributed by atoms with E-state index in [4.69, 9.17) is 21.1 Å². The van der Waals surface area contributed by atoms with Gasteiger partial charge in [-0.05, 0) is 78.9 Å². The van der Waals surface area contributed by atoms with Crippen LogP contribution in [0, 0.1) is 18.3 Å². The van der Waals surface area contributed by atoms with Crippen LogP contribution in [0.2, 0.25) is 5.02 Å². The Balaban J connectivity index is 1.59. The van der Waals surface area contributed by atoms with Gasteiger partial charge in [0, 0.05) is 30.6 Å². The number of aliphatic carboxylic acids is 1. The van der Waals surface area contributed by atoms with Crippen molar-refractivity contribution in [1.82, 2.24) is 10.3 Å². The number of benzene rings is 3. The van der Waals surface area contributed by atoms with Gasteiger partial charge in [0.1, 0.15) is 30.3 Å². The molecule has 0 fully saturated rings. The highest BCUT2D eigenvalue weighted by Crippen LogP contribution is 2.35. The highest BCUT2D eigenvalue weighted by molar-refractivity contribution is 6.32. The normalized spacial score (nSPS) is 11.1. The highest BCUT2D eigenvalue weighted by atomic mass is 35.5. The third-order valence-electron chi connectivity index (χ3n) is 6.64. The van der Waals surface area contributed by atoms with E-state index in [1.165, 1.54) is 0 Å². The van der Waals surface area contributed by atoms with Crippen LogP contribution in [-0.2, 0) is 24.6 Å². The van der Waals surface area contributed by atoms with Crippen LogP contribution in [0.4, 0.5) is 0 Å². The number of carboxylic acid groups (broad SMARTS) is 1. The van der Waals surface area contributed by atoms with Gasteiger partial charge in [0.15, 0.2) is 0 Å². The maximum atomic E-state index is 11.6. The van der Waals surface area contributed by atoms with Gasteiger partial charge in [0.05, 0.1) is 16.7 Å². The molecule has 0 aliphatic heterocycles. The van der Waals surface area contributed by atoms with Crippen LogP contribution in [0.25, 0.3) is 11.1 Å². The van der Waals surface area contributed by atoms with Crippen LogP contribution in [0.3, 0.4) is 0 Å². The summed E-state index contributed by atoms with van der Waals surface area (Å²) < 4.78 is 12.3. The van der Waals surface area contributed by atoms with Gasteiger partial charge in [-0.3, -0.25) is 15.1 Å². The molecule has 0 saturated heterocycles. The first-order valence-electron chi connectivity index (χ1n) is 12.7. The minimum absolute atomic E-state index is 0.207. The smallest absolute Gasteiger partial charge is 0.323 e. The fourth-order valence-corrected chi connectivity index (χ4v) is 4.32. The van der Waals surface area contributed by atoms with Gasteiger partial charge in [-0.1, -0.05) is 41.9 Å². The first-order valence-corrected chi connectivity index (χ1v) is 13.1. The second-order valence-corrected chi connectivity index (χ2v) is 10.3. The average molecular weight is 556 g/mol. The number of halogens is 1. The largest absolute Gasteiger partial charge is 0.488 e. The molecular formula is C32H30ClN3O4. The minimum atomic E-state index is -1.16. The summed E-state index contributed by atoms with van der Waals surface area (Å²) in [6.07, 6.45) is 3.54. The van der Waals surface area contributed by atoms with Gasteiger partial charge in [-0.25, -0.2) is 0 Å². The van der Waals surface area contributed by atoms with Crippen molar-refractivity contribution in [3.8, 4) is 28.7 Å². The first kappa shape index (κ1) is 28.6. The molecule has 0 atom stereocenters. The Hall–Kier alpha value is -4.38. The molecule has 3 aromatic carbocycles. The maximum absolute atomic E-state index is 11.6. The summed E-state index contributed by atoms with van der Waals surface area (Å²) in [5, 5.41) is 22.2. The van der Waals surface area contributed by atoms with Gasteiger partial charge < -0.3 is 14.6 Å². The summed E-state index contributed by atoms with van der Waals surface area (Å²) in [7, 11) is 0. The van der Waals surface area contributed by atoms with Crippen molar-refractivity contribution in [2.24, 2.45) is 0 Å². The van der Waals surface area contributed by atoms with E-state index in [-0.39, 0.29) is 19.8 Å². The number of aromatic nitrogens is 1. The molecule has 0 spiro atoms. The summed E-state index contributed by atoms with van der Waals surface area (Å²) in [4.78, 5) is 15.7. The van der Waals surface area contributed by atoms with Crippen molar-refractivity contribution >= 4 is 17.6 Å². The molecule has 0 unspecified atom stereocenters. The summed E-state index contributed by atoms with van der Waals surface area (Å²) in [5.74, 6) is -0.0335. The zero-order valence-corrected chi connectivity index (χ0v) is 23.3. The zero-order valence-electron chi connectivity index (χ0n) is 22.6. The summed E-state index contributed by atoms with van der Waals surface area (Å²) in [6, 6.07) is 22.8. The third kappa shape index (κ3) is 6.97. The molecule has 1 aromatic heterocycles. The number of hydrogen-bond acceptors (Lipinski definition) is 6. The van der Waals surface area contributed by atoms with Gasteiger partial charge in [0.2, 0.25) is 0 Å². The van der Waals surface area contributed by atoms with Crippen molar-refractivity contribution in [3.63, 3.8) is 0 Å². The predicted molar refractivity (Wildman–Crippen MR) is 154 cm³/mol. The third-order valence-corrected chi connectivity index (χ3v) is 6.94. The van der Waals surface area contributed by atoms with Crippen LogP contribution < -0.4 is 14.8 Å². The molecule has 0 radical (unpaired) electrons. The lowest BCUT2D eigenvalue weighted by Crippen LogP contribution is -2.46. The second kappa shape index (κ2) is 12.6. The number of nitriles is 1. The van der Waals surface area contributed by atoms with E-state index in [1.54, 1.807) is 56.6 Å². The Labute approximate surface area is 239 Å². The van der Waals surface area contributed by atoms with Gasteiger partial charge in [0.25, 0.3) is 0 Å². The number of hydrogen-bond donors (Lipinski definition) is 2. The van der Waals surface area contributed by atoms with Crippen LogP contribution in [0.5, 0.6) is 11.5 Å². The van der Waals surface area contributed by atoms with E-state index in [9.17, 15) is 15.2 Å². The lowest BCUT2D eigenvalue weighted by atomic mass is 9.97. The quantitative estimate of drug-likeness (QED) is 0.212. The molecule has 1 heterocycles. The standard InChI is InChI=1S/C32H30ClN3O4/c1-21-25(8-5-9-27(21)24-10-12-35-13-11-24)20-40-30-16-29(39-19-23-7-4-6-22(14-23)17-34)26(15-28(30)33)18-36-32(2,3)31(37)38/h4-16,36H,18-20H2,1-3H3,(H,37,38). The fraction of sp³-hybridized carbons (Fsp3) is 0.219. The average Bonchev–Trinajstić information content (AvgIpc) is 2.96. The molecule has 7 nitrogen and oxygen atoms in total. The molecular weight excluding hydrogens is 526 g/mol. The van der Waals surface area contributed by atoms with E-state index >= 15 is 0 Å². The van der Waals surface area contributed by atoms with E-state index in [0.717, 1.165) is 27.8 Å². The Morgan fingerprint density at radius 2 is 1.73 bits per heavy atom. The van der Waals surface area contributed by atoms with E-state index < -0.39 is 11.5 Å². The van der Waals surface area contributed by atoms with Crippen LogP contribution in [0.1, 0.15) is 41.7 Å². The van der Waals surface area contributed by atoms with Crippen LogP contribution in [0.15, 0.2) is 79.1 Å². The number of carboxylic acids is 1. The maximum Gasteiger partial charge on any atom is 0.323 e. The molecule has 2 N–H and O–H groups in total. The zero-order chi connectivity index (χ0) is 28.7. The molecule has 0 saturated carbocycles. The summed E-state index contributed by atoms with van der Waals surface area (Å²) in [5.41, 5.74) is 5.16. The lowest BCUT2D eigenvalue weighted by molar-refractivity contribution is -0.143. The van der Waals surface area contributed by atoms with Crippen molar-refractivity contribution in [3.05, 3.63) is 112 Å². The molecule has 0 bridgehead atoms. The molecule has 40 heavy (non-hydrogen) atoms. The molecule has 8 heteroatoms. The predicted octanol–water partition coefficient (Wildman–Crippen LogP) is 6.69. The molecule has 4 rings (SSSR count). The van der Waals surface area contributed by atoms with Gasteiger partial charge in [-0.2, -0.15) is 5.26 Å². The fourth-order valence-electron chi connectivity index (χ4n) is 4.08. The first-order chi connectivity index (χ1) is 19.2. The van der Waals surface area contributed by atoms with Crippen LogP contribution in [-0.4, -0.2) is 21.6 Å². The Morgan fingerprint density at radius 1 is 1.00 bits per heavy atom. The number of pyridine rings is 1. The number of nitrogens with one attached hydrogen (secondary N) is 1. The van der Waals surface area contributed by atoms with Crippen molar-refractivity contribution < 1.29 is 19.4 Å². The molecule has 0 aliphatic carbocycles. The molecule has 0 amide bonds. The van der Waals surface area contributed by atoms with Crippen molar-refractivity contribution in [2.75, 3.05) is 0 Å². The highest BCUT2D eigenvalue weighted by Gasteiger charge is 2.27. The second-order valence-electron chi connectivity index (χ2n) is 9.89. The SMILES string of the molecule is Cc1c(COc2cc(OCc3cccc(C#N)c3)c(CNC(C)(C)C(=O)O)cc2Cl)cccc1-c1ccncc1. The Bertz CT molecular complexity index is 1550. The van der Waals surface area contributed by atoms with Crippen LogP contribution >= 0.6 is 11.6 Å². The Morgan fingerprint density at radius 3 is 2.45 bits per heavy atom. The molecule has 0 aliphatic rings. The van der Waals surface area contributed by atoms with E-state index in [0.29, 0.717) is 27.6 Å². The number of carbonyl (C=O) groups is 1. The lowest BCUT2D eigenvalue weighted by Gasteiger charge is -2.23. The topological polar surface area (TPSA) is 104 Å². The van der Waals surface area contributed by atoms with Gasteiger partial charge in [-0.15, -0.1) is 0 Å². The number of nitrogens with zero attached hydrogens (tertiary/aromatic N) is 2. The van der Waals surface area contributed by atoms with Gasteiger partial charge >= 0.3 is 5.97 Å². The van der Waals surface area contributed by atoms with Crippen molar-refractivity contribution in [1.29, 1.82) is 5.26 Å². The Kier molecular flexibility index (Phi) is 9.05. The number of ether oxygens (including phenoxy) is 2. The number of rotatable bonds is 11. The van der Waals surface area contributed by atoms with E-state index in [2.05, 4.69) is 29.4 Å². The van der Waals surface area contributed by atoms with Crippen molar-refractivity contribution in [2.45, 2.75) is 46.1 Å². The molecule has 4 aromatic rings. The monoisotopic (exact) mass is 555 g/mol. The molecule has 204 valence electrons. The minimum Gasteiger partial charge on any atom is -0.488 e.